The fourth-order valence-corrected chi connectivity index (χ4v) is 4.31. The summed E-state index contributed by atoms with van der Waals surface area (Å²) >= 11 is 0. The highest BCUT2D eigenvalue weighted by molar-refractivity contribution is 6.06. The van der Waals surface area contributed by atoms with Crippen molar-refractivity contribution >= 4 is 22.6 Å². The van der Waals surface area contributed by atoms with Crippen LogP contribution in [0.4, 0.5) is 10.1 Å². The van der Waals surface area contributed by atoms with E-state index in [2.05, 4.69) is 9.97 Å². The van der Waals surface area contributed by atoms with Gasteiger partial charge in [-0.05, 0) is 48.8 Å². The van der Waals surface area contributed by atoms with Gasteiger partial charge in [0.25, 0.3) is 5.91 Å². The molecule has 3 saturated carbocycles. The minimum absolute atomic E-state index is 0.0704. The Morgan fingerprint density at radius 2 is 2.15 bits per heavy atom. The van der Waals surface area contributed by atoms with Crippen molar-refractivity contribution in [3.63, 3.8) is 0 Å². The van der Waals surface area contributed by atoms with Gasteiger partial charge >= 0.3 is 0 Å². The lowest BCUT2D eigenvalue weighted by atomic mass is 9.40. The molecule has 4 aliphatic rings. The van der Waals surface area contributed by atoms with Gasteiger partial charge in [0.2, 0.25) is 0 Å². The van der Waals surface area contributed by atoms with E-state index in [1.807, 2.05) is 18.2 Å². The number of amides is 1. The van der Waals surface area contributed by atoms with Crippen LogP contribution in [0.15, 0.2) is 24.5 Å². The van der Waals surface area contributed by atoms with Crippen LogP contribution in [-0.4, -0.2) is 28.1 Å². The number of rotatable bonds is 2. The highest BCUT2D eigenvalue weighted by Crippen LogP contribution is 2.69. The number of hydrogen-bond acceptors (Lipinski definition) is 2. The molecular weight excluding hydrogens is 257 g/mol. The van der Waals surface area contributed by atoms with E-state index in [1.54, 1.807) is 11.2 Å². The first-order chi connectivity index (χ1) is 9.68. The third kappa shape index (κ3) is 1.09. The average Bonchev–Trinajstić information content (AvgIpc) is 2.81. The highest BCUT2D eigenvalue weighted by atomic mass is 19.1. The molecule has 1 aromatic carbocycles. The second-order valence-electron chi connectivity index (χ2n) is 6.50. The van der Waals surface area contributed by atoms with Crippen molar-refractivity contribution in [3.8, 4) is 0 Å². The molecular formula is C15H14FN3O. The largest absolute Gasteiger partial charge is 0.345 e. The number of H-pyrrole nitrogens is 1. The number of imidazole rings is 1. The smallest absolute Gasteiger partial charge is 0.264 e. The minimum atomic E-state index is -1.31. The lowest BCUT2D eigenvalue weighted by Gasteiger charge is -2.69. The van der Waals surface area contributed by atoms with E-state index in [-0.39, 0.29) is 11.5 Å². The second kappa shape index (κ2) is 3.22. The van der Waals surface area contributed by atoms with E-state index in [1.165, 1.54) is 0 Å². The number of fused-ring (bicyclic) bond motifs is 1. The molecule has 1 amide bonds. The molecule has 1 saturated heterocycles. The first-order valence-corrected chi connectivity index (χ1v) is 7.08. The van der Waals surface area contributed by atoms with Crippen molar-refractivity contribution in [2.45, 2.75) is 31.5 Å². The SMILES string of the molecule is O=C1C(F)[C@H](C23CC(C2)C3)N1c1ccc2nc[nH]c2c1. The summed E-state index contributed by atoms with van der Waals surface area (Å²) < 4.78 is 14.1. The van der Waals surface area contributed by atoms with Gasteiger partial charge in [0.15, 0.2) is 6.17 Å². The van der Waals surface area contributed by atoms with E-state index in [0.29, 0.717) is 0 Å². The molecule has 0 radical (unpaired) electrons. The number of alkyl halides is 1. The van der Waals surface area contributed by atoms with Crippen LogP contribution in [0, 0.1) is 11.3 Å². The quantitative estimate of drug-likeness (QED) is 0.853. The fourth-order valence-electron chi connectivity index (χ4n) is 4.31. The maximum Gasteiger partial charge on any atom is 0.264 e. The van der Waals surface area contributed by atoms with E-state index >= 15 is 0 Å². The van der Waals surface area contributed by atoms with E-state index in [9.17, 15) is 9.18 Å². The number of aromatic nitrogens is 2. The maximum absolute atomic E-state index is 14.1. The van der Waals surface area contributed by atoms with Gasteiger partial charge < -0.3 is 9.88 Å². The fraction of sp³-hybridized carbons (Fsp3) is 0.467. The summed E-state index contributed by atoms with van der Waals surface area (Å²) in [5.41, 5.74) is 2.60. The zero-order chi connectivity index (χ0) is 13.5. The van der Waals surface area contributed by atoms with Crippen LogP contribution in [0.25, 0.3) is 11.0 Å². The molecule has 1 aliphatic heterocycles. The Balaban J connectivity index is 1.56. The maximum atomic E-state index is 14.1. The predicted octanol–water partition coefficient (Wildman–Crippen LogP) is 2.42. The monoisotopic (exact) mass is 271 g/mol. The molecule has 0 spiro atoms. The number of carbonyl (C=O) groups is 1. The summed E-state index contributed by atoms with van der Waals surface area (Å²) in [5, 5.41) is 0. The van der Waals surface area contributed by atoms with Gasteiger partial charge in [0.05, 0.1) is 23.4 Å². The molecule has 102 valence electrons. The average molecular weight is 271 g/mol. The van der Waals surface area contributed by atoms with Crippen LogP contribution >= 0.6 is 0 Å². The number of β-lactam (4-membered cyclic amide) rings is 1. The molecule has 2 bridgehead atoms. The Morgan fingerprint density at radius 3 is 2.85 bits per heavy atom. The summed E-state index contributed by atoms with van der Waals surface area (Å²) in [6.07, 6.45) is 3.59. The molecule has 3 aliphatic carbocycles. The molecule has 1 aromatic heterocycles. The van der Waals surface area contributed by atoms with E-state index in [0.717, 1.165) is 41.9 Å². The summed E-state index contributed by atoms with van der Waals surface area (Å²) in [6.45, 7) is 0. The predicted molar refractivity (Wildman–Crippen MR) is 72.0 cm³/mol. The first kappa shape index (κ1) is 10.8. The molecule has 4 fully saturated rings. The third-order valence-corrected chi connectivity index (χ3v) is 5.42. The number of nitrogens with one attached hydrogen (secondary N) is 1. The third-order valence-electron chi connectivity index (χ3n) is 5.42. The summed E-state index contributed by atoms with van der Waals surface area (Å²) in [4.78, 5) is 20.8. The molecule has 4 nitrogen and oxygen atoms in total. The van der Waals surface area contributed by atoms with Gasteiger partial charge in [-0.15, -0.1) is 0 Å². The number of benzene rings is 1. The van der Waals surface area contributed by atoms with Crippen LogP contribution < -0.4 is 4.90 Å². The Kier molecular flexibility index (Phi) is 1.74. The van der Waals surface area contributed by atoms with Crippen LogP contribution in [0.2, 0.25) is 0 Å². The highest BCUT2D eigenvalue weighted by Gasteiger charge is 2.69. The molecule has 6 rings (SSSR count). The Labute approximate surface area is 115 Å². The Hall–Kier alpha value is -1.91. The molecule has 20 heavy (non-hydrogen) atoms. The Bertz CT molecular complexity index is 723. The van der Waals surface area contributed by atoms with Gasteiger partial charge in [0, 0.05) is 5.69 Å². The lowest BCUT2D eigenvalue weighted by molar-refractivity contribution is -0.171. The molecule has 1 unspecified atom stereocenters. The zero-order valence-electron chi connectivity index (χ0n) is 10.8. The molecule has 5 heteroatoms. The van der Waals surface area contributed by atoms with Crippen LogP contribution in [0.3, 0.4) is 0 Å². The van der Waals surface area contributed by atoms with Gasteiger partial charge in [0.1, 0.15) is 0 Å². The molecule has 2 heterocycles. The van der Waals surface area contributed by atoms with Crippen molar-refractivity contribution in [1.82, 2.24) is 9.97 Å². The van der Waals surface area contributed by atoms with Gasteiger partial charge in [-0.25, -0.2) is 9.37 Å². The lowest BCUT2D eigenvalue weighted by Crippen LogP contribution is -2.76. The number of anilines is 1. The van der Waals surface area contributed by atoms with Gasteiger partial charge in [-0.3, -0.25) is 4.79 Å². The summed E-state index contributed by atoms with van der Waals surface area (Å²) in [6, 6.07) is 5.38. The van der Waals surface area contributed by atoms with E-state index < -0.39 is 12.1 Å². The second-order valence-corrected chi connectivity index (χ2v) is 6.50. The molecule has 1 N–H and O–H groups in total. The van der Waals surface area contributed by atoms with Crippen molar-refractivity contribution < 1.29 is 9.18 Å². The van der Waals surface area contributed by atoms with Crippen LogP contribution in [0.1, 0.15) is 19.3 Å². The van der Waals surface area contributed by atoms with Crippen LogP contribution in [-0.2, 0) is 4.79 Å². The normalized spacial score (nSPS) is 38.4. The number of aromatic amines is 1. The summed E-state index contributed by atoms with van der Waals surface area (Å²) in [7, 11) is 0. The number of hydrogen-bond donors (Lipinski definition) is 1. The van der Waals surface area contributed by atoms with Crippen molar-refractivity contribution in [1.29, 1.82) is 0 Å². The first-order valence-electron chi connectivity index (χ1n) is 7.08. The summed E-state index contributed by atoms with van der Waals surface area (Å²) in [5.74, 6) is 0.397. The van der Waals surface area contributed by atoms with Crippen molar-refractivity contribution in [2.75, 3.05) is 4.90 Å². The van der Waals surface area contributed by atoms with Gasteiger partial charge in [-0.2, -0.15) is 0 Å². The topological polar surface area (TPSA) is 49.0 Å². The van der Waals surface area contributed by atoms with Crippen LogP contribution in [0.5, 0.6) is 0 Å². The minimum Gasteiger partial charge on any atom is -0.345 e. The number of halogens is 1. The van der Waals surface area contributed by atoms with E-state index in [4.69, 9.17) is 0 Å². The van der Waals surface area contributed by atoms with Crippen molar-refractivity contribution in [3.05, 3.63) is 24.5 Å². The standard InChI is InChI=1S/C15H14FN3O/c16-12-13(15-4-8(5-15)6-15)19(14(12)20)9-1-2-10-11(3-9)18-7-17-10/h1-3,7-8,12-13H,4-6H2,(H,17,18)/t8?,12?,13-,15?/m1/s1. The van der Waals surface area contributed by atoms with Crippen molar-refractivity contribution in [2.24, 2.45) is 11.3 Å². The zero-order valence-corrected chi connectivity index (χ0v) is 10.8. The molecule has 2 atom stereocenters. The molecule has 2 aromatic rings. The van der Waals surface area contributed by atoms with Gasteiger partial charge in [-0.1, -0.05) is 0 Å². The number of carbonyl (C=O) groups excluding carboxylic acids is 1. The Morgan fingerprint density at radius 1 is 1.35 bits per heavy atom. The number of nitrogens with zero attached hydrogens (tertiary/aromatic N) is 2.